The molecule has 1 aromatic rings. The van der Waals surface area contributed by atoms with Crippen molar-refractivity contribution >= 4 is 11.9 Å². The highest BCUT2D eigenvalue weighted by molar-refractivity contribution is 5.84. The van der Waals surface area contributed by atoms with Crippen LogP contribution < -0.4 is 5.32 Å². The molecule has 0 aliphatic rings. The lowest BCUT2D eigenvalue weighted by molar-refractivity contribution is -0.152. The summed E-state index contributed by atoms with van der Waals surface area (Å²) in [6.07, 6.45) is -1.09. The van der Waals surface area contributed by atoms with Crippen molar-refractivity contribution in [3.8, 4) is 12.3 Å². The van der Waals surface area contributed by atoms with E-state index in [9.17, 15) is 18.0 Å². The molecule has 0 aliphatic carbocycles. The van der Waals surface area contributed by atoms with Crippen molar-refractivity contribution < 1.29 is 27.1 Å². The van der Waals surface area contributed by atoms with Gasteiger partial charge in [-0.1, -0.05) is 5.92 Å². The van der Waals surface area contributed by atoms with E-state index in [4.69, 9.17) is 6.42 Å². The lowest BCUT2D eigenvalue weighted by atomic mass is 10.4. The summed E-state index contributed by atoms with van der Waals surface area (Å²) in [5.41, 5.74) is 0. The molecule has 1 aromatic heterocycles. The molecular formula is C9H7F3N2O3. The fourth-order valence-corrected chi connectivity index (χ4v) is 0.944. The summed E-state index contributed by atoms with van der Waals surface area (Å²) in [7, 11) is 0. The summed E-state index contributed by atoms with van der Waals surface area (Å²) in [5.74, 6) is -0.395. The number of alkyl halides is 3. The highest BCUT2D eigenvalue weighted by Gasteiger charge is 2.40. The van der Waals surface area contributed by atoms with Crippen LogP contribution >= 0.6 is 0 Å². The van der Waals surface area contributed by atoms with Crippen LogP contribution in [0.5, 0.6) is 0 Å². The van der Waals surface area contributed by atoms with E-state index >= 15 is 0 Å². The predicted octanol–water partition coefficient (Wildman–Crippen LogP) is 2.18. The van der Waals surface area contributed by atoms with Crippen LogP contribution in [0.1, 0.15) is 11.7 Å². The zero-order valence-corrected chi connectivity index (χ0v) is 8.59. The van der Waals surface area contributed by atoms with Gasteiger partial charge < -0.3 is 9.15 Å². The molecule has 1 N–H and O–H groups in total. The van der Waals surface area contributed by atoms with E-state index in [1.54, 1.807) is 5.32 Å². The van der Waals surface area contributed by atoms with Gasteiger partial charge in [0.15, 0.2) is 18.3 Å². The van der Waals surface area contributed by atoms with Gasteiger partial charge in [0.1, 0.15) is 0 Å². The Bertz CT molecular complexity index is 459. The summed E-state index contributed by atoms with van der Waals surface area (Å²) < 4.78 is 45.9. The maximum absolute atomic E-state index is 12.4. The number of carbonyl (C=O) groups excluding carboxylic acids is 1. The molecule has 92 valence electrons. The van der Waals surface area contributed by atoms with E-state index < -0.39 is 23.8 Å². The minimum absolute atomic E-state index is 0.232. The first-order valence-electron chi connectivity index (χ1n) is 4.26. The number of terminal acetylenes is 1. The first-order chi connectivity index (χ1) is 7.84. The SMILES string of the molecule is C#CCOC(=O)Nc1nc(C)oc1C(F)(F)F. The van der Waals surface area contributed by atoms with Gasteiger partial charge in [0.2, 0.25) is 0 Å². The van der Waals surface area contributed by atoms with Crippen LogP contribution in [0.3, 0.4) is 0 Å². The number of oxazole rings is 1. The second kappa shape index (κ2) is 4.78. The number of halogens is 3. The summed E-state index contributed by atoms with van der Waals surface area (Å²) in [4.78, 5) is 14.4. The zero-order valence-electron chi connectivity index (χ0n) is 8.59. The molecule has 0 saturated carbocycles. The number of aromatic nitrogens is 1. The molecule has 0 unspecified atom stereocenters. The number of hydrogen-bond acceptors (Lipinski definition) is 4. The van der Waals surface area contributed by atoms with Crippen molar-refractivity contribution in [1.82, 2.24) is 4.98 Å². The molecule has 0 aliphatic heterocycles. The van der Waals surface area contributed by atoms with Crippen LogP contribution in [0.25, 0.3) is 0 Å². The van der Waals surface area contributed by atoms with Crippen molar-refractivity contribution in [1.29, 1.82) is 0 Å². The fourth-order valence-electron chi connectivity index (χ4n) is 0.944. The number of hydrogen-bond donors (Lipinski definition) is 1. The van der Waals surface area contributed by atoms with Gasteiger partial charge in [0.25, 0.3) is 5.76 Å². The molecule has 0 fully saturated rings. The van der Waals surface area contributed by atoms with E-state index in [0.29, 0.717) is 0 Å². The normalized spacial score (nSPS) is 10.8. The Morgan fingerprint density at radius 3 is 2.82 bits per heavy atom. The van der Waals surface area contributed by atoms with Gasteiger partial charge in [0.05, 0.1) is 0 Å². The van der Waals surface area contributed by atoms with Crippen molar-refractivity contribution in [2.75, 3.05) is 11.9 Å². The molecule has 1 rings (SSSR count). The van der Waals surface area contributed by atoms with Crippen LogP contribution in [0, 0.1) is 19.3 Å². The number of nitrogens with one attached hydrogen (secondary N) is 1. The average Bonchev–Trinajstić information content (AvgIpc) is 2.56. The van der Waals surface area contributed by atoms with Gasteiger partial charge in [-0.3, -0.25) is 5.32 Å². The number of anilines is 1. The van der Waals surface area contributed by atoms with Gasteiger partial charge >= 0.3 is 12.3 Å². The topological polar surface area (TPSA) is 64.4 Å². The second-order valence-corrected chi connectivity index (χ2v) is 2.81. The van der Waals surface area contributed by atoms with Crippen LogP contribution in [-0.4, -0.2) is 17.7 Å². The third kappa shape index (κ3) is 3.41. The van der Waals surface area contributed by atoms with Gasteiger partial charge in [-0.05, 0) is 0 Å². The lowest BCUT2D eigenvalue weighted by Crippen LogP contribution is -2.17. The summed E-state index contributed by atoms with van der Waals surface area (Å²) >= 11 is 0. The van der Waals surface area contributed by atoms with E-state index in [1.807, 2.05) is 5.92 Å². The Balaban J connectivity index is 2.85. The number of rotatable bonds is 2. The van der Waals surface area contributed by atoms with E-state index in [1.165, 1.54) is 6.92 Å². The molecule has 17 heavy (non-hydrogen) atoms. The summed E-state index contributed by atoms with van der Waals surface area (Å²) in [6, 6.07) is 0. The first kappa shape index (κ1) is 12.9. The molecule has 0 spiro atoms. The molecule has 0 bridgehead atoms. The van der Waals surface area contributed by atoms with Crippen LogP contribution in [0.15, 0.2) is 4.42 Å². The van der Waals surface area contributed by atoms with Crippen molar-refractivity contribution in [3.63, 3.8) is 0 Å². The van der Waals surface area contributed by atoms with E-state index in [-0.39, 0.29) is 12.5 Å². The molecule has 1 amide bonds. The Hall–Kier alpha value is -2.17. The molecule has 0 saturated heterocycles. The smallest absolute Gasteiger partial charge is 0.436 e. The third-order valence-corrected chi connectivity index (χ3v) is 1.50. The maximum Gasteiger partial charge on any atom is 0.453 e. The molecule has 8 heteroatoms. The van der Waals surface area contributed by atoms with Crippen LogP contribution in [0.2, 0.25) is 0 Å². The minimum atomic E-state index is -4.75. The maximum atomic E-state index is 12.4. The van der Waals surface area contributed by atoms with Gasteiger partial charge in [-0.2, -0.15) is 18.2 Å². The number of amides is 1. The monoisotopic (exact) mass is 248 g/mol. The molecule has 5 nitrogen and oxygen atoms in total. The Kier molecular flexibility index (Phi) is 3.62. The Morgan fingerprint density at radius 2 is 2.29 bits per heavy atom. The Morgan fingerprint density at radius 1 is 1.65 bits per heavy atom. The van der Waals surface area contributed by atoms with Gasteiger partial charge in [-0.15, -0.1) is 6.42 Å². The highest BCUT2D eigenvalue weighted by atomic mass is 19.4. The van der Waals surface area contributed by atoms with Crippen LogP contribution in [-0.2, 0) is 10.9 Å². The quantitative estimate of drug-likeness (QED) is 0.815. The van der Waals surface area contributed by atoms with Crippen molar-refractivity contribution in [3.05, 3.63) is 11.7 Å². The predicted molar refractivity (Wildman–Crippen MR) is 50.0 cm³/mol. The molecule has 0 atom stereocenters. The fraction of sp³-hybridized carbons (Fsp3) is 0.333. The zero-order chi connectivity index (χ0) is 13.1. The number of carbonyl (C=O) groups is 1. The highest BCUT2D eigenvalue weighted by Crippen LogP contribution is 2.35. The number of aryl methyl sites for hydroxylation is 1. The average molecular weight is 248 g/mol. The number of ether oxygens (including phenoxy) is 1. The lowest BCUT2D eigenvalue weighted by Gasteiger charge is -2.05. The minimum Gasteiger partial charge on any atom is -0.436 e. The van der Waals surface area contributed by atoms with E-state index in [0.717, 1.165) is 0 Å². The standard InChI is InChI=1S/C9H7F3N2O3/c1-3-4-16-8(15)14-7-6(9(10,11)12)17-5(2)13-7/h1H,4H2,2H3,(H,14,15). The second-order valence-electron chi connectivity index (χ2n) is 2.81. The third-order valence-electron chi connectivity index (χ3n) is 1.50. The van der Waals surface area contributed by atoms with Crippen molar-refractivity contribution in [2.45, 2.75) is 13.1 Å². The van der Waals surface area contributed by atoms with Gasteiger partial charge in [-0.25, -0.2) is 4.79 Å². The van der Waals surface area contributed by atoms with E-state index in [2.05, 4.69) is 14.1 Å². The first-order valence-corrected chi connectivity index (χ1v) is 4.26. The summed E-state index contributed by atoms with van der Waals surface area (Å²) in [6.45, 7) is 0.858. The van der Waals surface area contributed by atoms with Gasteiger partial charge in [0, 0.05) is 6.92 Å². The molecular weight excluding hydrogens is 241 g/mol. The molecule has 1 heterocycles. The Labute approximate surface area is 94.0 Å². The largest absolute Gasteiger partial charge is 0.453 e. The van der Waals surface area contributed by atoms with Crippen molar-refractivity contribution in [2.24, 2.45) is 0 Å². The molecule has 0 radical (unpaired) electrons. The number of nitrogens with zero attached hydrogens (tertiary/aromatic N) is 1. The summed E-state index contributed by atoms with van der Waals surface area (Å²) in [5, 5.41) is 1.79. The van der Waals surface area contributed by atoms with Crippen LogP contribution in [0.4, 0.5) is 23.8 Å². The molecule has 0 aromatic carbocycles.